The number of aromatic amines is 1. The van der Waals surface area contributed by atoms with E-state index in [2.05, 4.69) is 20.5 Å². The molecule has 2 aromatic heterocycles. The van der Waals surface area contributed by atoms with E-state index >= 15 is 0 Å². The van der Waals surface area contributed by atoms with Crippen molar-refractivity contribution >= 4 is 34.0 Å². The molecule has 0 aliphatic rings. The van der Waals surface area contributed by atoms with Gasteiger partial charge in [-0.15, -0.1) is 11.3 Å². The number of para-hydroxylation sites is 2. The van der Waals surface area contributed by atoms with E-state index in [1.165, 1.54) is 0 Å². The summed E-state index contributed by atoms with van der Waals surface area (Å²) in [5.74, 6) is 0.580. The average molecular weight is 360 g/mol. The van der Waals surface area contributed by atoms with Crippen LogP contribution in [0.5, 0.6) is 0 Å². The van der Waals surface area contributed by atoms with E-state index in [4.69, 9.17) is 0 Å². The predicted molar refractivity (Wildman–Crippen MR) is 105 cm³/mol. The third-order valence-electron chi connectivity index (χ3n) is 3.91. The Labute approximate surface area is 154 Å². The largest absolute Gasteiger partial charge is 0.342 e. The van der Waals surface area contributed by atoms with Crippen molar-refractivity contribution in [1.82, 2.24) is 15.4 Å². The molecular formula is C20H16N4OS. The fraction of sp³-hybridized carbons (Fsp3) is 0.0500. The van der Waals surface area contributed by atoms with Crippen molar-refractivity contribution in [3.05, 3.63) is 88.4 Å². The Bertz CT molecular complexity index is 1020. The zero-order valence-electron chi connectivity index (χ0n) is 13.8. The highest BCUT2D eigenvalue weighted by molar-refractivity contribution is 7.12. The molecule has 4 rings (SSSR count). The molecule has 0 saturated heterocycles. The number of hydrogen-bond acceptors (Lipinski definition) is 4. The highest BCUT2D eigenvalue weighted by Crippen LogP contribution is 2.15. The summed E-state index contributed by atoms with van der Waals surface area (Å²) < 4.78 is 0. The number of nitrogens with one attached hydrogen (secondary N) is 2. The van der Waals surface area contributed by atoms with Gasteiger partial charge in [-0.2, -0.15) is 5.10 Å². The van der Waals surface area contributed by atoms with Crippen LogP contribution in [-0.2, 0) is 6.42 Å². The number of imidazole rings is 1. The van der Waals surface area contributed by atoms with Gasteiger partial charge in [0, 0.05) is 5.56 Å². The lowest BCUT2D eigenvalue weighted by molar-refractivity contribution is 0.0955. The zero-order chi connectivity index (χ0) is 17.8. The molecule has 0 bridgehead atoms. The SMILES string of the molecule is O=C(NN=C(Cc1nc2ccccc2[nH]1)c1cccs1)c1ccccc1. The molecule has 2 heterocycles. The van der Waals surface area contributed by atoms with E-state index in [-0.39, 0.29) is 5.91 Å². The van der Waals surface area contributed by atoms with Crippen molar-refractivity contribution in [2.45, 2.75) is 6.42 Å². The van der Waals surface area contributed by atoms with Gasteiger partial charge < -0.3 is 4.98 Å². The molecule has 6 heteroatoms. The molecule has 0 spiro atoms. The molecule has 0 saturated carbocycles. The van der Waals surface area contributed by atoms with Crippen LogP contribution in [-0.4, -0.2) is 21.6 Å². The van der Waals surface area contributed by atoms with Gasteiger partial charge in [0.25, 0.3) is 5.91 Å². The number of nitrogens with zero attached hydrogens (tertiary/aromatic N) is 2. The summed E-state index contributed by atoms with van der Waals surface area (Å²) in [5.41, 5.74) is 5.90. The maximum absolute atomic E-state index is 12.3. The standard InChI is InChI=1S/C20H16N4OS/c25-20(14-7-2-1-3-8-14)24-23-17(18-11-6-12-26-18)13-19-21-15-9-4-5-10-16(15)22-19/h1-12H,13H2,(H,21,22)(H,24,25). The lowest BCUT2D eigenvalue weighted by atomic mass is 10.2. The Morgan fingerprint density at radius 1 is 1.04 bits per heavy atom. The van der Waals surface area contributed by atoms with Crippen LogP contribution in [0.1, 0.15) is 21.1 Å². The average Bonchev–Trinajstić information content (AvgIpc) is 3.34. The number of rotatable bonds is 5. The van der Waals surface area contributed by atoms with Gasteiger partial charge in [0.15, 0.2) is 0 Å². The monoisotopic (exact) mass is 360 g/mol. The molecule has 0 radical (unpaired) electrons. The number of carbonyl (C=O) groups excluding carboxylic acids is 1. The van der Waals surface area contributed by atoms with Crippen LogP contribution < -0.4 is 5.43 Å². The first-order valence-electron chi connectivity index (χ1n) is 8.19. The van der Waals surface area contributed by atoms with Gasteiger partial charge in [-0.25, -0.2) is 10.4 Å². The smallest absolute Gasteiger partial charge is 0.271 e. The maximum Gasteiger partial charge on any atom is 0.271 e. The van der Waals surface area contributed by atoms with Gasteiger partial charge >= 0.3 is 0 Å². The Kier molecular flexibility index (Phi) is 4.57. The summed E-state index contributed by atoms with van der Waals surface area (Å²) in [6.45, 7) is 0. The van der Waals surface area contributed by atoms with Crippen LogP contribution >= 0.6 is 11.3 Å². The number of fused-ring (bicyclic) bond motifs is 1. The van der Waals surface area contributed by atoms with Crippen molar-refractivity contribution in [3.63, 3.8) is 0 Å². The highest BCUT2D eigenvalue weighted by Gasteiger charge is 2.11. The van der Waals surface area contributed by atoms with Crippen molar-refractivity contribution in [2.24, 2.45) is 5.10 Å². The van der Waals surface area contributed by atoms with E-state index in [0.717, 1.165) is 27.4 Å². The van der Waals surface area contributed by atoms with Gasteiger partial charge in [0.05, 0.1) is 28.0 Å². The highest BCUT2D eigenvalue weighted by atomic mass is 32.1. The number of hydrazone groups is 1. The normalized spacial score (nSPS) is 11.6. The first kappa shape index (κ1) is 16.2. The van der Waals surface area contributed by atoms with Gasteiger partial charge in [-0.3, -0.25) is 4.79 Å². The second-order valence-electron chi connectivity index (χ2n) is 5.72. The number of carbonyl (C=O) groups is 1. The lowest BCUT2D eigenvalue weighted by Gasteiger charge is -2.04. The van der Waals surface area contributed by atoms with Crippen LogP contribution in [0.25, 0.3) is 11.0 Å². The third-order valence-corrected chi connectivity index (χ3v) is 4.83. The van der Waals surface area contributed by atoms with Crippen LogP contribution in [0.4, 0.5) is 0 Å². The number of aromatic nitrogens is 2. The van der Waals surface area contributed by atoms with E-state index in [1.807, 2.05) is 60.0 Å². The number of hydrogen-bond donors (Lipinski definition) is 2. The van der Waals surface area contributed by atoms with Gasteiger partial charge in [0.1, 0.15) is 5.82 Å². The second-order valence-corrected chi connectivity index (χ2v) is 6.67. The molecule has 5 nitrogen and oxygen atoms in total. The third kappa shape index (κ3) is 3.55. The first-order chi connectivity index (χ1) is 12.8. The molecule has 4 aromatic rings. The number of benzene rings is 2. The molecular weight excluding hydrogens is 344 g/mol. The van der Waals surface area contributed by atoms with E-state index < -0.39 is 0 Å². The fourth-order valence-electron chi connectivity index (χ4n) is 2.64. The summed E-state index contributed by atoms with van der Waals surface area (Å²) >= 11 is 1.58. The van der Waals surface area contributed by atoms with E-state index in [0.29, 0.717) is 12.0 Å². The molecule has 128 valence electrons. The molecule has 1 amide bonds. The van der Waals surface area contributed by atoms with Crippen LogP contribution in [0, 0.1) is 0 Å². The molecule has 26 heavy (non-hydrogen) atoms. The number of H-pyrrole nitrogens is 1. The van der Waals surface area contributed by atoms with Crippen molar-refractivity contribution in [2.75, 3.05) is 0 Å². The summed E-state index contributed by atoms with van der Waals surface area (Å²) in [7, 11) is 0. The molecule has 2 N–H and O–H groups in total. The fourth-order valence-corrected chi connectivity index (χ4v) is 3.36. The predicted octanol–water partition coefficient (Wildman–Crippen LogP) is 4.00. The van der Waals surface area contributed by atoms with Crippen molar-refractivity contribution < 1.29 is 4.79 Å². The zero-order valence-corrected chi connectivity index (χ0v) is 14.7. The maximum atomic E-state index is 12.3. The Morgan fingerprint density at radius 2 is 1.85 bits per heavy atom. The van der Waals surface area contributed by atoms with Gasteiger partial charge in [0.2, 0.25) is 0 Å². The summed E-state index contributed by atoms with van der Waals surface area (Å²) in [5, 5.41) is 6.36. The molecule has 0 atom stereocenters. The molecule has 0 unspecified atom stereocenters. The number of thiophene rings is 1. The second kappa shape index (κ2) is 7.33. The van der Waals surface area contributed by atoms with Crippen LogP contribution in [0.2, 0.25) is 0 Å². The van der Waals surface area contributed by atoms with Gasteiger partial charge in [-0.1, -0.05) is 36.4 Å². The number of amides is 1. The molecule has 0 fully saturated rings. The Morgan fingerprint density at radius 3 is 2.62 bits per heavy atom. The summed E-state index contributed by atoms with van der Waals surface area (Å²) in [6, 6.07) is 20.9. The van der Waals surface area contributed by atoms with E-state index in [1.54, 1.807) is 23.5 Å². The Balaban J connectivity index is 1.59. The quantitative estimate of drug-likeness (QED) is 0.417. The van der Waals surface area contributed by atoms with Crippen molar-refractivity contribution in [3.8, 4) is 0 Å². The van der Waals surface area contributed by atoms with E-state index in [9.17, 15) is 4.79 Å². The molecule has 2 aromatic carbocycles. The minimum atomic E-state index is -0.232. The summed E-state index contributed by atoms with van der Waals surface area (Å²) in [4.78, 5) is 21.2. The Hall–Kier alpha value is -3.25. The van der Waals surface area contributed by atoms with Gasteiger partial charge in [-0.05, 0) is 35.7 Å². The molecule has 0 aliphatic carbocycles. The van der Waals surface area contributed by atoms with Crippen LogP contribution in [0.3, 0.4) is 0 Å². The lowest BCUT2D eigenvalue weighted by Crippen LogP contribution is -2.20. The summed E-state index contributed by atoms with van der Waals surface area (Å²) in [6.07, 6.45) is 0.504. The van der Waals surface area contributed by atoms with Crippen molar-refractivity contribution in [1.29, 1.82) is 0 Å². The minimum absolute atomic E-state index is 0.232. The first-order valence-corrected chi connectivity index (χ1v) is 9.07. The topological polar surface area (TPSA) is 70.1 Å². The van der Waals surface area contributed by atoms with Crippen LogP contribution in [0.15, 0.2) is 77.2 Å². The molecule has 0 aliphatic heterocycles. The minimum Gasteiger partial charge on any atom is -0.342 e.